The van der Waals surface area contributed by atoms with Gasteiger partial charge in [-0.25, -0.2) is 4.98 Å². The maximum Gasteiger partial charge on any atom is 0.259 e. The van der Waals surface area contributed by atoms with Crippen LogP contribution in [0.25, 0.3) is 10.2 Å². The SMILES string of the molecule is CC1CCc2c(sc3nc(CCC(=O)N4CCC(C5C(=O)Nc6ccccc65)CC4)[nH]c(=O)c23)C1. The number of carbonyl (C=O) groups is 2. The highest BCUT2D eigenvalue weighted by Crippen LogP contribution is 2.41. The average Bonchev–Trinajstić information content (AvgIpc) is 3.38. The number of aromatic nitrogens is 2. The van der Waals surface area contributed by atoms with Crippen molar-refractivity contribution in [3.8, 4) is 0 Å². The second-order valence-electron chi connectivity index (χ2n) is 10.3. The highest BCUT2D eigenvalue weighted by atomic mass is 32.1. The van der Waals surface area contributed by atoms with Gasteiger partial charge < -0.3 is 15.2 Å². The molecule has 3 aliphatic rings. The quantitative estimate of drug-likeness (QED) is 0.578. The van der Waals surface area contributed by atoms with Gasteiger partial charge in [0.15, 0.2) is 0 Å². The molecule has 182 valence electrons. The van der Waals surface area contributed by atoms with Crippen molar-refractivity contribution in [2.24, 2.45) is 11.8 Å². The second kappa shape index (κ2) is 8.90. The van der Waals surface area contributed by atoms with Gasteiger partial charge >= 0.3 is 0 Å². The first kappa shape index (κ1) is 22.5. The molecule has 2 aliphatic heterocycles. The topological polar surface area (TPSA) is 95.2 Å². The number of aryl methyl sites for hydroxylation is 2. The molecule has 0 spiro atoms. The summed E-state index contributed by atoms with van der Waals surface area (Å²) in [5.41, 5.74) is 3.11. The predicted molar refractivity (Wildman–Crippen MR) is 137 cm³/mol. The summed E-state index contributed by atoms with van der Waals surface area (Å²) in [5, 5.41) is 3.75. The van der Waals surface area contributed by atoms with Crippen molar-refractivity contribution in [3.05, 3.63) is 56.4 Å². The van der Waals surface area contributed by atoms with Crippen molar-refractivity contribution in [1.29, 1.82) is 0 Å². The van der Waals surface area contributed by atoms with Crippen molar-refractivity contribution in [2.75, 3.05) is 18.4 Å². The van der Waals surface area contributed by atoms with Gasteiger partial charge in [-0.1, -0.05) is 25.1 Å². The number of likely N-dealkylation sites (tertiary alicyclic amines) is 1. The minimum absolute atomic E-state index is 0.0690. The Labute approximate surface area is 208 Å². The first-order valence-corrected chi connectivity index (χ1v) is 13.5. The van der Waals surface area contributed by atoms with Crippen LogP contribution in [0.3, 0.4) is 0 Å². The molecule has 7 nitrogen and oxygen atoms in total. The van der Waals surface area contributed by atoms with E-state index in [2.05, 4.69) is 17.2 Å². The van der Waals surface area contributed by atoms with Crippen LogP contribution in [0.2, 0.25) is 0 Å². The molecule has 0 bridgehead atoms. The lowest BCUT2D eigenvalue weighted by Gasteiger charge is -2.34. The van der Waals surface area contributed by atoms with Gasteiger partial charge in [-0.3, -0.25) is 14.4 Å². The number of thiophene rings is 1. The molecule has 2 unspecified atom stereocenters. The molecule has 2 amide bonds. The first-order chi connectivity index (χ1) is 17.0. The summed E-state index contributed by atoms with van der Waals surface area (Å²) >= 11 is 1.64. The Morgan fingerprint density at radius 1 is 1.17 bits per heavy atom. The van der Waals surface area contributed by atoms with E-state index in [1.54, 1.807) is 11.3 Å². The molecule has 4 heterocycles. The molecule has 2 aromatic heterocycles. The van der Waals surface area contributed by atoms with E-state index in [1.807, 2.05) is 29.2 Å². The van der Waals surface area contributed by atoms with Crippen LogP contribution in [0.15, 0.2) is 29.1 Å². The largest absolute Gasteiger partial charge is 0.343 e. The van der Waals surface area contributed by atoms with E-state index in [0.717, 1.165) is 53.6 Å². The van der Waals surface area contributed by atoms with Crippen LogP contribution in [0.4, 0.5) is 5.69 Å². The Kier molecular flexibility index (Phi) is 5.71. The van der Waals surface area contributed by atoms with E-state index in [-0.39, 0.29) is 29.2 Å². The summed E-state index contributed by atoms with van der Waals surface area (Å²) < 4.78 is 0. The zero-order valence-electron chi connectivity index (χ0n) is 19.9. The fourth-order valence-electron chi connectivity index (χ4n) is 6.08. The maximum atomic E-state index is 12.9. The number of fused-ring (bicyclic) bond motifs is 4. The minimum atomic E-state index is -0.121. The van der Waals surface area contributed by atoms with Gasteiger partial charge in [0.2, 0.25) is 11.8 Å². The molecule has 0 saturated carbocycles. The number of nitrogens with zero attached hydrogens (tertiary/aromatic N) is 2. The summed E-state index contributed by atoms with van der Waals surface area (Å²) in [6.07, 6.45) is 5.48. The fourth-order valence-corrected chi connectivity index (χ4v) is 7.48. The number of para-hydroxylation sites is 1. The minimum Gasteiger partial charge on any atom is -0.343 e. The lowest BCUT2D eigenvalue weighted by atomic mass is 9.80. The molecule has 2 atom stereocenters. The Morgan fingerprint density at radius 2 is 1.97 bits per heavy atom. The van der Waals surface area contributed by atoms with Crippen molar-refractivity contribution < 1.29 is 9.59 Å². The smallest absolute Gasteiger partial charge is 0.259 e. The number of hydrogen-bond acceptors (Lipinski definition) is 5. The number of rotatable bonds is 4. The lowest BCUT2D eigenvalue weighted by molar-refractivity contribution is -0.132. The Morgan fingerprint density at radius 3 is 2.80 bits per heavy atom. The van der Waals surface area contributed by atoms with Gasteiger partial charge in [-0.2, -0.15) is 0 Å². The first-order valence-electron chi connectivity index (χ1n) is 12.7. The average molecular weight is 491 g/mol. The van der Waals surface area contributed by atoms with Crippen LogP contribution in [0.5, 0.6) is 0 Å². The van der Waals surface area contributed by atoms with Crippen LogP contribution < -0.4 is 10.9 Å². The summed E-state index contributed by atoms with van der Waals surface area (Å²) in [4.78, 5) is 50.0. The summed E-state index contributed by atoms with van der Waals surface area (Å²) in [6, 6.07) is 7.90. The van der Waals surface area contributed by atoms with Gasteiger partial charge in [0, 0.05) is 36.5 Å². The molecule has 8 heteroatoms. The van der Waals surface area contributed by atoms with Crippen LogP contribution in [0.1, 0.15) is 60.4 Å². The van der Waals surface area contributed by atoms with Crippen molar-refractivity contribution >= 4 is 39.1 Å². The van der Waals surface area contributed by atoms with Crippen molar-refractivity contribution in [2.45, 2.75) is 57.8 Å². The number of carbonyl (C=O) groups excluding carboxylic acids is 2. The fraction of sp³-hybridized carbons (Fsp3) is 0.481. The van der Waals surface area contributed by atoms with E-state index < -0.39 is 0 Å². The number of anilines is 1. The number of piperidine rings is 1. The number of amides is 2. The standard InChI is InChI=1S/C27H30N4O3S/c1-15-6-7-18-20(14-15)35-27-24(18)26(34)29-21(30-27)8-9-22(32)31-12-10-16(11-13-31)23-17-4-2-3-5-19(17)28-25(23)33/h2-5,15-16,23H,6-14H2,1H3,(H,28,33)(H,29,30,34). The molecular formula is C27H30N4O3S. The Bertz CT molecular complexity index is 1370. The molecular weight excluding hydrogens is 460 g/mol. The molecule has 1 aliphatic carbocycles. The zero-order valence-corrected chi connectivity index (χ0v) is 20.7. The number of benzene rings is 1. The van der Waals surface area contributed by atoms with E-state index >= 15 is 0 Å². The summed E-state index contributed by atoms with van der Waals surface area (Å²) in [6.45, 7) is 3.58. The number of nitrogens with one attached hydrogen (secondary N) is 2. The number of aromatic amines is 1. The highest BCUT2D eigenvalue weighted by Gasteiger charge is 2.38. The summed E-state index contributed by atoms with van der Waals surface area (Å²) in [5.74, 6) is 1.53. The predicted octanol–water partition coefficient (Wildman–Crippen LogP) is 4.02. The van der Waals surface area contributed by atoms with E-state index in [9.17, 15) is 14.4 Å². The van der Waals surface area contributed by atoms with Crippen LogP contribution >= 0.6 is 11.3 Å². The second-order valence-corrected chi connectivity index (χ2v) is 11.4. The van der Waals surface area contributed by atoms with Crippen LogP contribution in [-0.4, -0.2) is 39.8 Å². The molecule has 1 aromatic carbocycles. The molecule has 1 saturated heterocycles. The third-order valence-corrected chi connectivity index (χ3v) is 9.14. The van der Waals surface area contributed by atoms with E-state index in [1.165, 1.54) is 10.4 Å². The van der Waals surface area contributed by atoms with Crippen molar-refractivity contribution in [1.82, 2.24) is 14.9 Å². The molecule has 3 aromatic rings. The zero-order chi connectivity index (χ0) is 24.1. The molecule has 1 fully saturated rings. The number of hydrogen-bond donors (Lipinski definition) is 2. The van der Waals surface area contributed by atoms with Gasteiger partial charge in [0.25, 0.3) is 5.56 Å². The third-order valence-electron chi connectivity index (χ3n) is 7.99. The normalized spacial score (nSPS) is 22.2. The molecule has 2 N–H and O–H groups in total. The monoisotopic (exact) mass is 490 g/mol. The van der Waals surface area contributed by atoms with Gasteiger partial charge in [0.1, 0.15) is 10.7 Å². The third kappa shape index (κ3) is 4.07. The maximum absolute atomic E-state index is 12.9. The van der Waals surface area contributed by atoms with Gasteiger partial charge in [-0.15, -0.1) is 11.3 Å². The molecule has 0 radical (unpaired) electrons. The highest BCUT2D eigenvalue weighted by molar-refractivity contribution is 7.18. The van der Waals surface area contributed by atoms with Gasteiger partial charge in [0.05, 0.1) is 11.3 Å². The number of H-pyrrole nitrogens is 1. The van der Waals surface area contributed by atoms with Crippen molar-refractivity contribution in [3.63, 3.8) is 0 Å². The van der Waals surface area contributed by atoms with E-state index in [4.69, 9.17) is 4.98 Å². The molecule has 6 rings (SSSR count). The summed E-state index contributed by atoms with van der Waals surface area (Å²) in [7, 11) is 0. The van der Waals surface area contributed by atoms with Crippen LogP contribution in [-0.2, 0) is 28.9 Å². The van der Waals surface area contributed by atoms with Gasteiger partial charge in [-0.05, 0) is 61.1 Å². The Balaban J connectivity index is 1.08. The lowest BCUT2D eigenvalue weighted by Crippen LogP contribution is -2.40. The van der Waals surface area contributed by atoms with Crippen LogP contribution in [0, 0.1) is 11.8 Å². The molecule has 35 heavy (non-hydrogen) atoms. The Hall–Kier alpha value is -3.00. The van der Waals surface area contributed by atoms with E-state index in [0.29, 0.717) is 37.7 Å².